The quantitative estimate of drug-likeness (QED) is 0.0360. The van der Waals surface area contributed by atoms with Gasteiger partial charge in [-0.2, -0.15) is 0 Å². The summed E-state index contributed by atoms with van der Waals surface area (Å²) in [7, 11) is 0. The SMILES string of the molecule is CCCCCCCCCCCCC(CCCCCCCC)(CCCCCCCCCCCCCCCCCCCCCC1CC[C@@]2(C)C(=CC[C@H]3[C@@H]4CC[C@H]([C@H](C)CCCC(C)C)[C@@]4(C)CC[C@@H]32)C1)OC(=O)[C@H](CCC(=O)O)NC(=O)CCCCCCCCCCC. The Balaban J connectivity index is 1.08. The summed E-state index contributed by atoms with van der Waals surface area (Å²) in [5, 5.41) is 12.7. The monoisotopic (exact) mass is 1290 g/mol. The number of carbonyl (C=O) groups is 3. The predicted octanol–water partition coefficient (Wildman–Crippen LogP) is 27.5. The lowest BCUT2D eigenvalue weighted by Gasteiger charge is -2.58. The Hall–Kier alpha value is -1.85. The molecule has 2 unspecified atom stereocenters. The van der Waals surface area contributed by atoms with E-state index in [1.807, 2.05) is 5.57 Å². The highest BCUT2D eigenvalue weighted by Crippen LogP contribution is 2.68. The number of esters is 1. The highest BCUT2D eigenvalue weighted by molar-refractivity contribution is 5.85. The molecule has 6 heteroatoms. The van der Waals surface area contributed by atoms with Gasteiger partial charge in [-0.25, -0.2) is 4.79 Å². The second-order valence-electron chi connectivity index (χ2n) is 33.3. The summed E-state index contributed by atoms with van der Waals surface area (Å²) in [5.41, 5.74) is 2.45. The highest BCUT2D eigenvalue weighted by atomic mass is 16.6. The van der Waals surface area contributed by atoms with Gasteiger partial charge in [0.25, 0.3) is 0 Å². The molecular formula is C86H159NO5. The third kappa shape index (κ3) is 33.1. The number of amides is 1. The van der Waals surface area contributed by atoms with E-state index in [0.29, 0.717) is 17.3 Å². The molecule has 1 amide bonds. The summed E-state index contributed by atoms with van der Waals surface area (Å²) in [6.07, 6.45) is 79.6. The number of carboxylic acids is 1. The molecule has 3 saturated carbocycles. The lowest BCUT2D eigenvalue weighted by molar-refractivity contribution is -0.167. The van der Waals surface area contributed by atoms with Crippen molar-refractivity contribution in [2.45, 2.75) is 465 Å². The van der Waals surface area contributed by atoms with Gasteiger partial charge >= 0.3 is 11.9 Å². The van der Waals surface area contributed by atoms with E-state index in [2.05, 4.69) is 66.8 Å². The number of rotatable bonds is 61. The molecule has 92 heavy (non-hydrogen) atoms. The largest absolute Gasteiger partial charge is 0.481 e. The zero-order valence-corrected chi connectivity index (χ0v) is 63.1. The van der Waals surface area contributed by atoms with Crippen LogP contribution >= 0.6 is 0 Å². The van der Waals surface area contributed by atoms with Crippen LogP contribution in [0.4, 0.5) is 0 Å². The number of hydrogen-bond donors (Lipinski definition) is 2. The van der Waals surface area contributed by atoms with Gasteiger partial charge in [0.15, 0.2) is 0 Å². The maximum Gasteiger partial charge on any atom is 0.329 e. The van der Waals surface area contributed by atoms with Gasteiger partial charge in [-0.05, 0) is 155 Å². The molecule has 6 nitrogen and oxygen atoms in total. The van der Waals surface area contributed by atoms with Crippen LogP contribution in [0.3, 0.4) is 0 Å². The normalized spacial score (nSPS) is 23.4. The van der Waals surface area contributed by atoms with Crippen LogP contribution in [0.1, 0.15) is 453 Å². The van der Waals surface area contributed by atoms with Gasteiger partial charge in [-0.1, -0.05) is 350 Å². The molecule has 0 bridgehead atoms. The summed E-state index contributed by atoms with van der Waals surface area (Å²) in [4.78, 5) is 39.6. The van der Waals surface area contributed by atoms with Crippen molar-refractivity contribution in [2.75, 3.05) is 0 Å². The number of ether oxygens (including phenoxy) is 1. The van der Waals surface area contributed by atoms with Crippen LogP contribution in [0.2, 0.25) is 0 Å². The Kier molecular flexibility index (Phi) is 45.3. The molecular weight excluding hydrogens is 1130 g/mol. The minimum atomic E-state index is -0.947. The first-order valence-corrected chi connectivity index (χ1v) is 42.1. The smallest absolute Gasteiger partial charge is 0.329 e. The molecule has 0 aromatic rings. The number of aliphatic carboxylic acids is 1. The second kappa shape index (κ2) is 50.5. The number of hydrogen-bond acceptors (Lipinski definition) is 4. The van der Waals surface area contributed by atoms with E-state index in [-0.39, 0.29) is 18.7 Å². The topological polar surface area (TPSA) is 92.7 Å². The molecule has 538 valence electrons. The Morgan fingerprint density at radius 3 is 1.38 bits per heavy atom. The van der Waals surface area contributed by atoms with Gasteiger partial charge in [0.1, 0.15) is 11.6 Å². The summed E-state index contributed by atoms with van der Waals surface area (Å²) in [5.74, 6) is 5.06. The summed E-state index contributed by atoms with van der Waals surface area (Å²) in [6.45, 7) is 19.7. The molecule has 4 aliphatic carbocycles. The van der Waals surface area contributed by atoms with Crippen LogP contribution in [-0.2, 0) is 19.1 Å². The fraction of sp³-hybridized carbons (Fsp3) is 0.942. The van der Waals surface area contributed by atoms with Crippen molar-refractivity contribution in [1.29, 1.82) is 0 Å². The molecule has 4 aliphatic rings. The molecule has 0 spiro atoms. The standard InChI is InChI=1S/C86H159NO5/c1-9-12-15-18-21-23-37-41-46-51-67-86(66-50-45-20-17-14-11-3,92-83(91)80(62-63-82(89)90)87-81(88)57-49-44-40-35-22-19-16-13-10-2)68-52-47-42-38-34-32-30-28-26-24-25-27-29-31-33-36-39-43-48-56-74-64-69-84(7)75(71-74)58-59-76-78-61-60-77(73(6)55-53-54-72(4)5)85(78,8)70-65-79(76)84/h58,72-74,76-80H,9-57,59-71H2,1-8H3,(H,87,88)(H,89,90)/t73-,74?,76+,77-,78+,79+,80+,84+,85-,86?/m1/s1. The molecule has 0 radical (unpaired) electrons. The van der Waals surface area contributed by atoms with Gasteiger partial charge in [0, 0.05) is 12.8 Å². The average Bonchev–Trinajstić information content (AvgIpc) is 1.37. The van der Waals surface area contributed by atoms with E-state index in [1.54, 1.807) is 0 Å². The van der Waals surface area contributed by atoms with Gasteiger partial charge in [-0.15, -0.1) is 0 Å². The minimum Gasteiger partial charge on any atom is -0.481 e. The lowest BCUT2D eigenvalue weighted by Crippen LogP contribution is -2.50. The fourth-order valence-corrected chi connectivity index (χ4v) is 19.2. The third-order valence-electron chi connectivity index (χ3n) is 25.2. The zero-order chi connectivity index (χ0) is 66.4. The average molecular weight is 1290 g/mol. The van der Waals surface area contributed by atoms with Crippen molar-refractivity contribution in [3.63, 3.8) is 0 Å². The van der Waals surface area contributed by atoms with Gasteiger partial charge in [-0.3, -0.25) is 9.59 Å². The van der Waals surface area contributed by atoms with Crippen LogP contribution < -0.4 is 5.32 Å². The second-order valence-corrected chi connectivity index (χ2v) is 33.3. The molecule has 4 rings (SSSR count). The van der Waals surface area contributed by atoms with Crippen LogP contribution in [-0.4, -0.2) is 34.6 Å². The predicted molar refractivity (Wildman–Crippen MR) is 397 cm³/mol. The molecule has 0 saturated heterocycles. The first-order valence-electron chi connectivity index (χ1n) is 42.1. The molecule has 0 aromatic heterocycles. The molecule has 0 aliphatic heterocycles. The summed E-state index contributed by atoms with van der Waals surface area (Å²) >= 11 is 0. The number of allylic oxidation sites excluding steroid dienone is 2. The lowest BCUT2D eigenvalue weighted by atomic mass is 9.46. The van der Waals surface area contributed by atoms with Crippen molar-refractivity contribution in [1.82, 2.24) is 5.32 Å². The molecule has 0 heterocycles. The third-order valence-corrected chi connectivity index (χ3v) is 25.2. The van der Waals surface area contributed by atoms with Gasteiger partial charge < -0.3 is 15.2 Å². The maximum absolute atomic E-state index is 14.4. The fourth-order valence-electron chi connectivity index (χ4n) is 19.2. The van der Waals surface area contributed by atoms with Gasteiger partial charge in [0.2, 0.25) is 5.91 Å². The van der Waals surface area contributed by atoms with Crippen molar-refractivity contribution < 1.29 is 24.2 Å². The number of carboxylic acid groups (broad SMARTS) is 1. The van der Waals surface area contributed by atoms with Crippen molar-refractivity contribution >= 4 is 17.8 Å². The zero-order valence-electron chi connectivity index (χ0n) is 63.1. The van der Waals surface area contributed by atoms with Crippen LogP contribution in [0.15, 0.2) is 11.6 Å². The van der Waals surface area contributed by atoms with Crippen molar-refractivity contribution in [3.8, 4) is 0 Å². The number of fused-ring (bicyclic) bond motifs is 5. The first-order chi connectivity index (χ1) is 44.7. The van der Waals surface area contributed by atoms with Crippen LogP contribution in [0.5, 0.6) is 0 Å². The first kappa shape index (κ1) is 82.6. The maximum atomic E-state index is 14.4. The van der Waals surface area contributed by atoms with Crippen LogP contribution in [0, 0.1) is 52.3 Å². The van der Waals surface area contributed by atoms with E-state index in [9.17, 15) is 19.5 Å². The molecule has 10 atom stereocenters. The Labute approximate surface area is 573 Å². The van der Waals surface area contributed by atoms with E-state index in [0.717, 1.165) is 118 Å². The van der Waals surface area contributed by atoms with Crippen molar-refractivity contribution in [3.05, 3.63) is 11.6 Å². The van der Waals surface area contributed by atoms with E-state index in [1.165, 1.54) is 302 Å². The highest BCUT2D eigenvalue weighted by Gasteiger charge is 2.59. The summed E-state index contributed by atoms with van der Waals surface area (Å²) < 4.78 is 6.79. The summed E-state index contributed by atoms with van der Waals surface area (Å²) in [6, 6.07) is -0.922. The minimum absolute atomic E-state index is 0.0714. The molecule has 3 fully saturated rings. The van der Waals surface area contributed by atoms with E-state index in [4.69, 9.17) is 4.74 Å². The molecule has 2 N–H and O–H groups in total. The van der Waals surface area contributed by atoms with Crippen LogP contribution in [0.25, 0.3) is 0 Å². The number of carbonyl (C=O) groups excluding carboxylic acids is 2. The van der Waals surface area contributed by atoms with E-state index >= 15 is 0 Å². The Morgan fingerprint density at radius 2 is 0.935 bits per heavy atom. The van der Waals surface area contributed by atoms with Crippen molar-refractivity contribution in [2.24, 2.45) is 52.3 Å². The number of unbranched alkanes of at least 4 members (excludes halogenated alkanes) is 40. The Bertz CT molecular complexity index is 1880. The molecule has 0 aromatic carbocycles. The Morgan fingerprint density at radius 1 is 0.500 bits per heavy atom. The van der Waals surface area contributed by atoms with Gasteiger partial charge in [0.05, 0.1) is 0 Å². The number of nitrogens with one attached hydrogen (secondary N) is 1. The van der Waals surface area contributed by atoms with E-state index < -0.39 is 23.6 Å².